The van der Waals surface area contributed by atoms with Gasteiger partial charge in [0.25, 0.3) is 0 Å². The van der Waals surface area contributed by atoms with Gasteiger partial charge in [-0.3, -0.25) is 0 Å². The summed E-state index contributed by atoms with van der Waals surface area (Å²) in [7, 11) is 3.90. The van der Waals surface area contributed by atoms with Gasteiger partial charge in [0.1, 0.15) is 0 Å². The van der Waals surface area contributed by atoms with Crippen molar-refractivity contribution in [3.8, 4) is 0 Å². The fraction of sp³-hybridized carbons (Fsp3) is 0.727. The Kier molecular flexibility index (Phi) is 4.46. The van der Waals surface area contributed by atoms with Crippen LogP contribution in [-0.4, -0.2) is 52.8 Å². The van der Waals surface area contributed by atoms with E-state index in [4.69, 9.17) is 0 Å². The van der Waals surface area contributed by atoms with Gasteiger partial charge in [0.2, 0.25) is 0 Å². The molecule has 1 rings (SSSR count). The van der Waals surface area contributed by atoms with E-state index in [2.05, 4.69) is 15.3 Å². The second kappa shape index (κ2) is 5.43. The molecule has 0 amide bonds. The summed E-state index contributed by atoms with van der Waals surface area (Å²) < 4.78 is 0. The molecule has 0 saturated heterocycles. The van der Waals surface area contributed by atoms with E-state index in [1.54, 1.807) is 6.33 Å². The second-order valence-corrected chi connectivity index (χ2v) is 4.81. The van der Waals surface area contributed by atoms with Crippen molar-refractivity contribution in [2.75, 3.05) is 27.2 Å². The van der Waals surface area contributed by atoms with Gasteiger partial charge in [-0.1, -0.05) is 0 Å². The zero-order chi connectivity index (χ0) is 12.2. The number of nitrogens with one attached hydrogen (secondary N) is 2. The summed E-state index contributed by atoms with van der Waals surface area (Å²) in [6.45, 7) is 5.69. The van der Waals surface area contributed by atoms with Crippen LogP contribution in [0.1, 0.15) is 18.3 Å². The van der Waals surface area contributed by atoms with Gasteiger partial charge in [-0.25, -0.2) is 4.98 Å². The number of H-pyrrole nitrogens is 1. The molecule has 1 aromatic heterocycles. The standard InChI is InChI=1S/C11H22N4O/c1-9-10(14-8-13-9)5-12-6-11(2,16)7-15(3)4/h8,12,16H,5-7H2,1-4H3,(H,13,14). The predicted molar refractivity (Wildman–Crippen MR) is 64.2 cm³/mol. The van der Waals surface area contributed by atoms with E-state index in [0.717, 1.165) is 11.4 Å². The minimum Gasteiger partial charge on any atom is -0.388 e. The number of nitrogens with zero attached hydrogens (tertiary/aromatic N) is 2. The first-order valence-electron chi connectivity index (χ1n) is 5.47. The summed E-state index contributed by atoms with van der Waals surface area (Å²) >= 11 is 0. The number of aromatic nitrogens is 2. The lowest BCUT2D eigenvalue weighted by atomic mass is 10.1. The van der Waals surface area contributed by atoms with Gasteiger partial charge in [-0.2, -0.15) is 0 Å². The molecule has 0 aliphatic carbocycles. The van der Waals surface area contributed by atoms with Crippen LogP contribution in [0, 0.1) is 6.92 Å². The minimum atomic E-state index is -0.715. The zero-order valence-corrected chi connectivity index (χ0v) is 10.5. The molecule has 1 unspecified atom stereocenters. The molecular weight excluding hydrogens is 204 g/mol. The van der Waals surface area contributed by atoms with Crippen LogP contribution in [0.3, 0.4) is 0 Å². The quantitative estimate of drug-likeness (QED) is 0.645. The average Bonchev–Trinajstić information content (AvgIpc) is 2.49. The van der Waals surface area contributed by atoms with Gasteiger partial charge >= 0.3 is 0 Å². The largest absolute Gasteiger partial charge is 0.388 e. The Morgan fingerprint density at radius 2 is 2.25 bits per heavy atom. The van der Waals surface area contributed by atoms with Crippen LogP contribution in [-0.2, 0) is 6.54 Å². The number of hydrogen-bond acceptors (Lipinski definition) is 4. The lowest BCUT2D eigenvalue weighted by Gasteiger charge is -2.27. The maximum atomic E-state index is 10.1. The van der Waals surface area contributed by atoms with Gasteiger partial charge < -0.3 is 20.3 Å². The van der Waals surface area contributed by atoms with Crippen LogP contribution >= 0.6 is 0 Å². The molecule has 0 fully saturated rings. The van der Waals surface area contributed by atoms with Crippen LogP contribution in [0.5, 0.6) is 0 Å². The molecule has 16 heavy (non-hydrogen) atoms. The number of aliphatic hydroxyl groups is 1. The molecular formula is C11H22N4O. The summed E-state index contributed by atoms with van der Waals surface area (Å²) in [5, 5.41) is 13.3. The fourth-order valence-corrected chi connectivity index (χ4v) is 1.75. The topological polar surface area (TPSA) is 64.2 Å². The average molecular weight is 226 g/mol. The van der Waals surface area contributed by atoms with Crippen molar-refractivity contribution in [1.82, 2.24) is 20.2 Å². The fourth-order valence-electron chi connectivity index (χ4n) is 1.75. The summed E-state index contributed by atoms with van der Waals surface area (Å²) in [6, 6.07) is 0. The first-order chi connectivity index (χ1) is 7.41. The predicted octanol–water partition coefficient (Wildman–Crippen LogP) is 0.120. The first kappa shape index (κ1) is 13.2. The van der Waals surface area contributed by atoms with Crippen molar-refractivity contribution in [3.63, 3.8) is 0 Å². The van der Waals surface area contributed by atoms with E-state index in [9.17, 15) is 5.11 Å². The van der Waals surface area contributed by atoms with Gasteiger partial charge in [-0.15, -0.1) is 0 Å². The van der Waals surface area contributed by atoms with Crippen LogP contribution < -0.4 is 5.32 Å². The normalized spacial score (nSPS) is 15.4. The number of rotatable bonds is 6. The van der Waals surface area contributed by atoms with E-state index in [1.807, 2.05) is 32.8 Å². The third kappa shape index (κ3) is 4.30. The van der Waals surface area contributed by atoms with Crippen molar-refractivity contribution >= 4 is 0 Å². The Labute approximate surface area is 96.9 Å². The molecule has 0 spiro atoms. The zero-order valence-electron chi connectivity index (χ0n) is 10.5. The molecule has 0 aliphatic rings. The Bertz CT molecular complexity index is 320. The number of aryl methyl sites for hydroxylation is 1. The van der Waals surface area contributed by atoms with Crippen molar-refractivity contribution in [2.24, 2.45) is 0 Å². The van der Waals surface area contributed by atoms with E-state index in [0.29, 0.717) is 19.6 Å². The molecule has 0 radical (unpaired) electrons. The lowest BCUT2D eigenvalue weighted by molar-refractivity contribution is 0.0335. The van der Waals surface area contributed by atoms with Crippen molar-refractivity contribution in [1.29, 1.82) is 0 Å². The van der Waals surface area contributed by atoms with Crippen LogP contribution in [0.2, 0.25) is 0 Å². The highest BCUT2D eigenvalue weighted by Gasteiger charge is 2.20. The molecule has 1 atom stereocenters. The van der Waals surface area contributed by atoms with Gasteiger partial charge in [0, 0.05) is 25.3 Å². The molecule has 1 aromatic rings. The third-order valence-corrected chi connectivity index (χ3v) is 2.39. The molecule has 0 aromatic carbocycles. The SMILES string of the molecule is Cc1[nH]cnc1CNCC(C)(O)CN(C)C. The number of aromatic amines is 1. The Balaban J connectivity index is 2.32. The minimum absolute atomic E-state index is 0.553. The Hall–Kier alpha value is -0.910. The highest BCUT2D eigenvalue weighted by Crippen LogP contribution is 2.04. The maximum Gasteiger partial charge on any atom is 0.0925 e. The molecule has 1 heterocycles. The van der Waals surface area contributed by atoms with Crippen molar-refractivity contribution < 1.29 is 5.11 Å². The summed E-state index contributed by atoms with van der Waals surface area (Å²) in [4.78, 5) is 9.19. The number of imidazole rings is 1. The van der Waals surface area contributed by atoms with Gasteiger partial charge in [0.05, 0.1) is 17.6 Å². The first-order valence-corrected chi connectivity index (χ1v) is 5.47. The van der Waals surface area contributed by atoms with E-state index >= 15 is 0 Å². The highest BCUT2D eigenvalue weighted by molar-refractivity contribution is 5.08. The molecule has 92 valence electrons. The summed E-state index contributed by atoms with van der Waals surface area (Å²) in [5.41, 5.74) is 1.36. The third-order valence-electron chi connectivity index (χ3n) is 2.39. The summed E-state index contributed by atoms with van der Waals surface area (Å²) in [6.07, 6.45) is 1.68. The Morgan fingerprint density at radius 1 is 1.56 bits per heavy atom. The van der Waals surface area contributed by atoms with E-state index in [-0.39, 0.29) is 0 Å². The molecule has 3 N–H and O–H groups in total. The molecule has 0 bridgehead atoms. The number of hydrogen-bond donors (Lipinski definition) is 3. The van der Waals surface area contributed by atoms with E-state index < -0.39 is 5.60 Å². The molecule has 0 saturated carbocycles. The van der Waals surface area contributed by atoms with Crippen molar-refractivity contribution in [3.05, 3.63) is 17.7 Å². The highest BCUT2D eigenvalue weighted by atomic mass is 16.3. The van der Waals surface area contributed by atoms with E-state index in [1.165, 1.54) is 0 Å². The number of likely N-dealkylation sites (N-methyl/N-ethyl adjacent to an activating group) is 1. The van der Waals surface area contributed by atoms with Crippen LogP contribution in [0.25, 0.3) is 0 Å². The van der Waals surface area contributed by atoms with Gasteiger partial charge in [-0.05, 0) is 27.9 Å². The molecule has 5 nitrogen and oxygen atoms in total. The summed E-state index contributed by atoms with van der Waals surface area (Å²) in [5.74, 6) is 0. The lowest BCUT2D eigenvalue weighted by Crippen LogP contribution is -2.45. The maximum absolute atomic E-state index is 10.1. The smallest absolute Gasteiger partial charge is 0.0925 e. The monoisotopic (exact) mass is 226 g/mol. The van der Waals surface area contributed by atoms with Crippen LogP contribution in [0.15, 0.2) is 6.33 Å². The Morgan fingerprint density at radius 3 is 2.75 bits per heavy atom. The van der Waals surface area contributed by atoms with Crippen LogP contribution in [0.4, 0.5) is 0 Å². The van der Waals surface area contributed by atoms with Gasteiger partial charge in [0.15, 0.2) is 0 Å². The molecule has 0 aliphatic heterocycles. The van der Waals surface area contributed by atoms with Crippen molar-refractivity contribution in [2.45, 2.75) is 26.0 Å². The second-order valence-electron chi connectivity index (χ2n) is 4.81. The molecule has 5 heteroatoms.